The number of aliphatic hydroxyl groups is 2. The fourth-order valence-corrected chi connectivity index (χ4v) is 5.88. The molecule has 0 amide bonds. The molecule has 11 nitrogen and oxygen atoms in total. The standard InChI is InChI=1S/C28H52O6.C10H20O.C8H12O4.2CH4/c1-6-8-10-12-14-16-18-24(29)21-33-26(31)23(3)20-28(4,5)27(32)34-22-25(30)19-17-15-13-11-9-7-2;1-2-3-4-5-6-7-8-10-9-11-10;1-5(6(9)10)4-8(2,3)7(11)12;;/h24-25,29-30H,3,6-22H2,1-2,4-5H3;10H,2-9H2,1H3;1,4H2,2-3H3,(H,9,10)(H,11,12);2*1H4. The maximum Gasteiger partial charge on any atom is 0.333 e. The summed E-state index contributed by atoms with van der Waals surface area (Å²) in [5.41, 5.74) is -1.94. The molecule has 0 radical (unpaired) electrons. The molecule has 0 aromatic heterocycles. The Morgan fingerprint density at radius 3 is 1.37 bits per heavy atom. The van der Waals surface area contributed by atoms with Gasteiger partial charge in [0, 0.05) is 11.1 Å². The molecule has 0 aromatic rings. The van der Waals surface area contributed by atoms with Crippen molar-refractivity contribution in [1.82, 2.24) is 0 Å². The summed E-state index contributed by atoms with van der Waals surface area (Å²) in [7, 11) is 0. The molecule has 0 saturated carbocycles. The molecule has 3 unspecified atom stereocenters. The van der Waals surface area contributed by atoms with E-state index in [4.69, 9.17) is 24.4 Å². The van der Waals surface area contributed by atoms with Gasteiger partial charge in [-0.3, -0.25) is 9.59 Å². The highest BCUT2D eigenvalue weighted by molar-refractivity contribution is 5.89. The van der Waals surface area contributed by atoms with E-state index in [1.165, 1.54) is 110 Å². The lowest BCUT2D eigenvalue weighted by Gasteiger charge is -2.24. The van der Waals surface area contributed by atoms with Crippen LogP contribution < -0.4 is 0 Å². The Morgan fingerprint density at radius 2 is 0.983 bits per heavy atom. The third-order valence-corrected chi connectivity index (χ3v) is 9.91. The minimum Gasteiger partial charge on any atom is -0.481 e. The number of carboxylic acid groups (broad SMARTS) is 2. The first-order chi connectivity index (χ1) is 26.8. The van der Waals surface area contributed by atoms with Gasteiger partial charge >= 0.3 is 23.9 Å². The van der Waals surface area contributed by atoms with Crippen molar-refractivity contribution in [3.8, 4) is 0 Å². The zero-order chi connectivity index (χ0) is 43.7. The van der Waals surface area contributed by atoms with Gasteiger partial charge in [0.2, 0.25) is 0 Å². The van der Waals surface area contributed by atoms with Gasteiger partial charge in [0.1, 0.15) is 13.2 Å². The summed E-state index contributed by atoms with van der Waals surface area (Å²) in [6, 6.07) is 0. The van der Waals surface area contributed by atoms with Crippen molar-refractivity contribution in [2.45, 2.75) is 229 Å². The van der Waals surface area contributed by atoms with Gasteiger partial charge in [-0.05, 0) is 59.8 Å². The van der Waals surface area contributed by atoms with Crippen LogP contribution in [0.1, 0.15) is 211 Å². The number of carbonyl (C=O) groups is 4. The third kappa shape index (κ3) is 37.9. The number of carbonyl (C=O) groups excluding carboxylic acids is 2. The van der Waals surface area contributed by atoms with Gasteiger partial charge in [0.25, 0.3) is 0 Å². The van der Waals surface area contributed by atoms with Crippen molar-refractivity contribution < 1.29 is 53.8 Å². The molecule has 0 spiro atoms. The van der Waals surface area contributed by atoms with Gasteiger partial charge in [-0.25, -0.2) is 9.59 Å². The molecule has 350 valence electrons. The van der Waals surface area contributed by atoms with Crippen molar-refractivity contribution in [2.75, 3.05) is 19.8 Å². The fraction of sp³-hybridized carbons (Fsp3) is 0.833. The Balaban J connectivity index is -0.000000490. The highest BCUT2D eigenvalue weighted by Crippen LogP contribution is 2.28. The second-order valence-corrected chi connectivity index (χ2v) is 17.1. The van der Waals surface area contributed by atoms with E-state index in [2.05, 4.69) is 33.9 Å². The van der Waals surface area contributed by atoms with E-state index < -0.39 is 46.9 Å². The number of aliphatic carboxylic acids is 2. The molecule has 59 heavy (non-hydrogen) atoms. The van der Waals surface area contributed by atoms with Crippen molar-refractivity contribution in [1.29, 1.82) is 0 Å². The summed E-state index contributed by atoms with van der Waals surface area (Å²) in [6.07, 6.45) is 23.9. The first-order valence-electron chi connectivity index (χ1n) is 22.0. The topological polar surface area (TPSA) is 180 Å². The summed E-state index contributed by atoms with van der Waals surface area (Å²) in [5.74, 6) is -3.26. The van der Waals surface area contributed by atoms with E-state index >= 15 is 0 Å². The van der Waals surface area contributed by atoms with Gasteiger partial charge < -0.3 is 34.6 Å². The Morgan fingerprint density at radius 1 is 0.610 bits per heavy atom. The van der Waals surface area contributed by atoms with Gasteiger partial charge in [0.05, 0.1) is 35.7 Å². The number of hydrogen-bond donors (Lipinski definition) is 4. The van der Waals surface area contributed by atoms with Gasteiger partial charge in [-0.2, -0.15) is 0 Å². The average Bonchev–Trinajstić information content (AvgIpc) is 3.98. The van der Waals surface area contributed by atoms with Crippen LogP contribution in [0.25, 0.3) is 0 Å². The highest BCUT2D eigenvalue weighted by atomic mass is 16.6. The second-order valence-electron chi connectivity index (χ2n) is 17.1. The van der Waals surface area contributed by atoms with Crippen molar-refractivity contribution in [3.05, 3.63) is 24.3 Å². The predicted octanol–water partition coefficient (Wildman–Crippen LogP) is 11.8. The number of rotatable bonds is 33. The van der Waals surface area contributed by atoms with Crippen LogP contribution in [0.3, 0.4) is 0 Å². The van der Waals surface area contributed by atoms with E-state index in [1.54, 1.807) is 13.8 Å². The van der Waals surface area contributed by atoms with Crippen LogP contribution in [0.5, 0.6) is 0 Å². The molecule has 1 rings (SSSR count). The first kappa shape index (κ1) is 62.9. The van der Waals surface area contributed by atoms with Gasteiger partial charge in [0.15, 0.2) is 0 Å². The van der Waals surface area contributed by atoms with E-state index in [-0.39, 0.29) is 52.1 Å². The Bertz CT molecular complexity index is 1110. The SMILES string of the molecule is C.C.C=C(CC(C)(C)C(=O)O)C(=O)O.C=C(CC(C)(C)C(=O)OCC(O)CCCCCCCC)C(=O)OCC(O)CCCCCCCC.CCCCCCCCC1CO1. The molecular formula is C48H92O11. The number of unbranched alkanes of at least 4 members (excludes halogenated alkanes) is 15. The van der Waals surface area contributed by atoms with E-state index in [0.717, 1.165) is 32.3 Å². The predicted molar refractivity (Wildman–Crippen MR) is 241 cm³/mol. The van der Waals surface area contributed by atoms with Crippen LogP contribution in [0.15, 0.2) is 24.3 Å². The van der Waals surface area contributed by atoms with Crippen LogP contribution in [0.4, 0.5) is 0 Å². The average molecular weight is 845 g/mol. The molecule has 11 heteroatoms. The van der Waals surface area contributed by atoms with Crippen molar-refractivity contribution in [3.63, 3.8) is 0 Å². The lowest BCUT2D eigenvalue weighted by atomic mass is 9.86. The Kier molecular flexibility index (Phi) is 40.7. The smallest absolute Gasteiger partial charge is 0.333 e. The third-order valence-electron chi connectivity index (χ3n) is 9.91. The normalized spacial score (nSPS) is 14.0. The zero-order valence-electron chi connectivity index (χ0n) is 37.2. The van der Waals surface area contributed by atoms with Crippen LogP contribution in [-0.4, -0.2) is 82.4 Å². The molecule has 4 N–H and O–H groups in total. The molecule has 1 aliphatic rings. The summed E-state index contributed by atoms with van der Waals surface area (Å²) in [5, 5.41) is 37.2. The number of hydrogen-bond acceptors (Lipinski definition) is 9. The molecule has 1 saturated heterocycles. The molecule has 3 atom stereocenters. The molecule has 0 aliphatic carbocycles. The van der Waals surface area contributed by atoms with E-state index in [9.17, 15) is 29.4 Å². The van der Waals surface area contributed by atoms with Gasteiger partial charge in [-0.1, -0.05) is 164 Å². The number of esters is 2. The summed E-state index contributed by atoms with van der Waals surface area (Å²) in [4.78, 5) is 45.6. The minimum atomic E-state index is -1.15. The fourth-order valence-electron chi connectivity index (χ4n) is 5.88. The lowest BCUT2D eigenvalue weighted by molar-refractivity contribution is -0.157. The maximum atomic E-state index is 12.5. The highest BCUT2D eigenvalue weighted by Gasteiger charge is 2.33. The van der Waals surface area contributed by atoms with Crippen molar-refractivity contribution >= 4 is 23.9 Å². The summed E-state index contributed by atoms with van der Waals surface area (Å²) in [6.45, 7) is 20.9. The van der Waals surface area contributed by atoms with Crippen molar-refractivity contribution in [2.24, 2.45) is 10.8 Å². The van der Waals surface area contributed by atoms with E-state index in [1.807, 2.05) is 0 Å². The number of ether oxygens (including phenoxy) is 3. The van der Waals surface area contributed by atoms with E-state index in [0.29, 0.717) is 18.9 Å². The molecule has 1 heterocycles. The maximum absolute atomic E-state index is 12.5. The van der Waals surface area contributed by atoms with Crippen LogP contribution in [0.2, 0.25) is 0 Å². The van der Waals surface area contributed by atoms with Crippen LogP contribution >= 0.6 is 0 Å². The number of aliphatic hydroxyl groups excluding tert-OH is 2. The van der Waals surface area contributed by atoms with Gasteiger partial charge in [-0.15, -0.1) is 0 Å². The minimum absolute atomic E-state index is 0. The first-order valence-corrected chi connectivity index (χ1v) is 22.0. The Hall–Kier alpha value is -2.76. The zero-order valence-corrected chi connectivity index (χ0v) is 37.2. The molecule has 1 fully saturated rings. The molecule has 0 bridgehead atoms. The lowest BCUT2D eigenvalue weighted by Crippen LogP contribution is -2.31. The second kappa shape index (κ2) is 38.2. The monoisotopic (exact) mass is 845 g/mol. The Labute approximate surface area is 361 Å². The molecular weight excluding hydrogens is 753 g/mol. The number of carboxylic acids is 2. The van der Waals surface area contributed by atoms with Crippen LogP contribution in [-0.2, 0) is 33.4 Å². The number of epoxide rings is 1. The molecule has 1 aliphatic heterocycles. The quantitative estimate of drug-likeness (QED) is 0.0214. The molecule has 0 aromatic carbocycles. The largest absolute Gasteiger partial charge is 0.481 e. The van der Waals surface area contributed by atoms with Crippen LogP contribution in [0, 0.1) is 10.8 Å². The summed E-state index contributed by atoms with van der Waals surface area (Å²) >= 11 is 0. The summed E-state index contributed by atoms with van der Waals surface area (Å²) < 4.78 is 15.6.